The fourth-order valence-electron chi connectivity index (χ4n) is 8.40. The van der Waals surface area contributed by atoms with E-state index in [9.17, 15) is 4.39 Å². The van der Waals surface area contributed by atoms with Gasteiger partial charge in [0.1, 0.15) is 17.3 Å². The molecule has 0 atom stereocenters. The molecule has 0 amide bonds. The van der Waals surface area contributed by atoms with Crippen LogP contribution in [0.15, 0.2) is 200 Å². The minimum Gasteiger partial charge on any atom is -0.456 e. The Kier molecular flexibility index (Phi) is 7.36. The minimum absolute atomic E-state index is 0.244. The molecule has 0 N–H and O–H groups in total. The molecular weight excluding hydrogens is 688 g/mol. The molecule has 3 nitrogen and oxygen atoms in total. The van der Waals surface area contributed by atoms with Gasteiger partial charge in [-0.05, 0) is 118 Å². The molecule has 11 rings (SSSR count). The zero-order chi connectivity index (χ0) is 37.2. The number of aromatic nitrogens is 1. The van der Waals surface area contributed by atoms with Gasteiger partial charge >= 0.3 is 0 Å². The summed E-state index contributed by atoms with van der Waals surface area (Å²) in [6.07, 6.45) is 0. The average Bonchev–Trinajstić information content (AvgIpc) is 3.59. The smallest absolute Gasteiger partial charge is 0.137 e. The lowest BCUT2D eigenvalue weighted by Crippen LogP contribution is -2.10. The quantitative estimate of drug-likeness (QED) is 0.170. The third kappa shape index (κ3) is 5.26. The van der Waals surface area contributed by atoms with Gasteiger partial charge in [0.2, 0.25) is 0 Å². The van der Waals surface area contributed by atoms with E-state index in [1.54, 1.807) is 0 Å². The van der Waals surface area contributed by atoms with Crippen LogP contribution in [0, 0.1) is 5.82 Å². The van der Waals surface area contributed by atoms with Crippen LogP contribution in [0.1, 0.15) is 0 Å². The fourth-order valence-corrected chi connectivity index (χ4v) is 8.40. The number of para-hydroxylation sites is 1. The molecule has 0 radical (unpaired) electrons. The second-order valence-electron chi connectivity index (χ2n) is 14.3. The average molecular weight is 721 g/mol. The lowest BCUT2D eigenvalue weighted by atomic mass is 9.94. The molecule has 9 aromatic carbocycles. The zero-order valence-corrected chi connectivity index (χ0v) is 30.2. The van der Waals surface area contributed by atoms with E-state index in [-0.39, 0.29) is 5.82 Å². The Morgan fingerprint density at radius 2 is 1.04 bits per heavy atom. The van der Waals surface area contributed by atoms with Gasteiger partial charge in [0.05, 0.1) is 11.0 Å². The van der Waals surface area contributed by atoms with Crippen molar-refractivity contribution < 1.29 is 9.13 Å². The summed E-state index contributed by atoms with van der Waals surface area (Å²) in [5.41, 5.74) is 13.1. The van der Waals surface area contributed by atoms with Crippen molar-refractivity contribution in [2.45, 2.75) is 0 Å². The molecule has 0 aliphatic carbocycles. The van der Waals surface area contributed by atoms with E-state index in [2.05, 4.69) is 179 Å². The number of halogens is 1. The molecule has 10 aromatic rings. The maximum Gasteiger partial charge on any atom is 0.137 e. The van der Waals surface area contributed by atoms with Gasteiger partial charge in [0, 0.05) is 50.5 Å². The van der Waals surface area contributed by atoms with Crippen molar-refractivity contribution >= 4 is 49.6 Å². The molecule has 56 heavy (non-hydrogen) atoms. The Labute approximate surface area is 323 Å². The highest BCUT2D eigenvalue weighted by Gasteiger charge is 2.22. The van der Waals surface area contributed by atoms with E-state index < -0.39 is 0 Å². The van der Waals surface area contributed by atoms with Crippen LogP contribution in [0.3, 0.4) is 0 Å². The Morgan fingerprint density at radius 3 is 1.80 bits per heavy atom. The monoisotopic (exact) mass is 720 g/mol. The molecule has 0 unspecified atom stereocenters. The summed E-state index contributed by atoms with van der Waals surface area (Å²) in [7, 11) is 0. The molecule has 0 fully saturated rings. The van der Waals surface area contributed by atoms with Crippen molar-refractivity contribution in [1.29, 1.82) is 0 Å². The third-order valence-corrected chi connectivity index (χ3v) is 11.0. The summed E-state index contributed by atoms with van der Waals surface area (Å²) < 4.78 is 22.7. The van der Waals surface area contributed by atoms with Gasteiger partial charge in [-0.15, -0.1) is 0 Å². The first-order valence-corrected chi connectivity index (χ1v) is 18.9. The summed E-state index contributed by atoms with van der Waals surface area (Å²) in [6.45, 7) is 0. The largest absolute Gasteiger partial charge is 0.456 e. The highest BCUT2D eigenvalue weighted by Crippen LogP contribution is 2.49. The standard InChI is InChI=1S/C52H33FN2O/c53-39-21-27-42(28-22-39)55-48-14-5-4-12-44(48)47-32-38(20-31-49(47)55)36-18-25-41(26-19-36)54(40-23-16-35(17-24-40)34-8-2-1-3-9-34)43-29-30-45-46-13-6-10-37-11-7-15-50(52(37)46)56-51(45)33-43/h1-33H. The minimum atomic E-state index is -0.244. The summed E-state index contributed by atoms with van der Waals surface area (Å²) in [4.78, 5) is 2.29. The van der Waals surface area contributed by atoms with Crippen LogP contribution in [0.2, 0.25) is 0 Å². The lowest BCUT2D eigenvalue weighted by molar-refractivity contribution is 0.487. The van der Waals surface area contributed by atoms with Crippen LogP contribution in [-0.4, -0.2) is 4.57 Å². The number of rotatable bonds is 6. The number of benzene rings is 9. The molecule has 0 spiro atoms. The van der Waals surface area contributed by atoms with E-state index in [1.807, 2.05) is 18.2 Å². The van der Waals surface area contributed by atoms with Crippen LogP contribution in [0.4, 0.5) is 21.5 Å². The summed E-state index contributed by atoms with van der Waals surface area (Å²) in [5, 5.41) is 4.63. The van der Waals surface area contributed by atoms with Crippen LogP contribution >= 0.6 is 0 Å². The molecule has 1 aromatic heterocycles. The number of ether oxygens (including phenoxy) is 1. The summed E-state index contributed by atoms with van der Waals surface area (Å²) >= 11 is 0. The second-order valence-corrected chi connectivity index (χ2v) is 14.3. The normalized spacial score (nSPS) is 11.8. The molecule has 0 saturated carbocycles. The first-order valence-electron chi connectivity index (χ1n) is 18.9. The Bertz CT molecular complexity index is 3090. The van der Waals surface area contributed by atoms with E-state index in [1.165, 1.54) is 34.2 Å². The summed E-state index contributed by atoms with van der Waals surface area (Å²) in [6, 6.07) is 69.0. The van der Waals surface area contributed by atoms with Gasteiger partial charge < -0.3 is 14.2 Å². The van der Waals surface area contributed by atoms with Gasteiger partial charge in [0.25, 0.3) is 0 Å². The molecule has 4 heteroatoms. The zero-order valence-electron chi connectivity index (χ0n) is 30.2. The van der Waals surface area contributed by atoms with Crippen LogP contribution < -0.4 is 9.64 Å². The number of anilines is 3. The Morgan fingerprint density at radius 1 is 0.411 bits per heavy atom. The van der Waals surface area contributed by atoms with E-state index >= 15 is 0 Å². The fraction of sp³-hybridized carbons (Fsp3) is 0. The molecule has 2 heterocycles. The first-order chi connectivity index (χ1) is 27.7. The molecule has 1 aliphatic heterocycles. The third-order valence-electron chi connectivity index (χ3n) is 11.0. The number of hydrogen-bond donors (Lipinski definition) is 0. The van der Waals surface area contributed by atoms with Gasteiger partial charge in [-0.1, -0.05) is 109 Å². The lowest BCUT2D eigenvalue weighted by Gasteiger charge is -2.28. The predicted octanol–water partition coefficient (Wildman–Crippen LogP) is 14.7. The predicted molar refractivity (Wildman–Crippen MR) is 229 cm³/mol. The van der Waals surface area contributed by atoms with E-state index in [0.717, 1.165) is 78.1 Å². The van der Waals surface area contributed by atoms with E-state index in [4.69, 9.17) is 4.74 Å². The molecular formula is C52H33FN2O. The summed E-state index contributed by atoms with van der Waals surface area (Å²) in [5.74, 6) is 1.47. The van der Waals surface area contributed by atoms with Crippen molar-refractivity contribution in [2.24, 2.45) is 0 Å². The number of nitrogens with zero attached hydrogens (tertiary/aromatic N) is 2. The van der Waals surface area contributed by atoms with Crippen molar-refractivity contribution in [3.05, 3.63) is 206 Å². The highest BCUT2D eigenvalue weighted by molar-refractivity contribution is 6.10. The SMILES string of the molecule is Fc1ccc(-n2c3ccccc3c3cc(-c4ccc(N(c5ccc(-c6ccccc6)cc5)c5ccc6c(c5)Oc5cccc7cccc-6c57)cc4)ccc32)cc1. The highest BCUT2D eigenvalue weighted by atomic mass is 19.1. The van der Waals surface area contributed by atoms with Crippen LogP contribution in [0.5, 0.6) is 11.5 Å². The molecule has 0 saturated heterocycles. The van der Waals surface area contributed by atoms with Crippen LogP contribution in [-0.2, 0) is 0 Å². The van der Waals surface area contributed by atoms with Crippen molar-refractivity contribution in [1.82, 2.24) is 4.57 Å². The molecule has 1 aliphatic rings. The van der Waals surface area contributed by atoms with E-state index in [0.29, 0.717) is 0 Å². The van der Waals surface area contributed by atoms with Crippen molar-refractivity contribution in [2.75, 3.05) is 4.90 Å². The van der Waals surface area contributed by atoms with Gasteiger partial charge in [0.15, 0.2) is 0 Å². The van der Waals surface area contributed by atoms with Crippen LogP contribution in [0.25, 0.3) is 71.6 Å². The second kappa shape index (κ2) is 12.9. The van der Waals surface area contributed by atoms with Crippen molar-refractivity contribution in [3.8, 4) is 50.6 Å². The maximum atomic E-state index is 13.9. The number of fused-ring (bicyclic) bond motifs is 5. The molecule has 264 valence electrons. The van der Waals surface area contributed by atoms with Gasteiger partial charge in [-0.25, -0.2) is 4.39 Å². The maximum absolute atomic E-state index is 13.9. The van der Waals surface area contributed by atoms with Crippen molar-refractivity contribution in [3.63, 3.8) is 0 Å². The first kappa shape index (κ1) is 32.0. The Hall–Kier alpha value is -7.43. The Balaban J connectivity index is 1.00. The molecule has 0 bridgehead atoms. The van der Waals surface area contributed by atoms with Gasteiger partial charge in [-0.2, -0.15) is 0 Å². The topological polar surface area (TPSA) is 17.4 Å². The van der Waals surface area contributed by atoms with Gasteiger partial charge in [-0.3, -0.25) is 0 Å². The number of hydrogen-bond acceptors (Lipinski definition) is 2.